The van der Waals surface area contributed by atoms with Crippen molar-refractivity contribution in [3.8, 4) is 23.1 Å². The minimum absolute atomic E-state index is 0.00477. The second-order valence-electron chi connectivity index (χ2n) is 6.46. The van der Waals surface area contributed by atoms with E-state index in [0.29, 0.717) is 16.5 Å². The number of carbonyl (C=O) groups is 1. The number of benzene rings is 2. The molecule has 0 saturated heterocycles. The van der Waals surface area contributed by atoms with Gasteiger partial charge in [-0.2, -0.15) is 5.26 Å². The van der Waals surface area contributed by atoms with Crippen LogP contribution in [0.3, 0.4) is 0 Å². The fourth-order valence-corrected chi connectivity index (χ4v) is 3.59. The highest BCUT2D eigenvalue weighted by Crippen LogP contribution is 2.29. The Morgan fingerprint density at radius 1 is 1.24 bits per heavy atom. The summed E-state index contributed by atoms with van der Waals surface area (Å²) in [7, 11) is 0. The lowest BCUT2D eigenvalue weighted by Gasteiger charge is -2.11. The highest BCUT2D eigenvalue weighted by Gasteiger charge is 2.23. The third kappa shape index (κ3) is 4.41. The highest BCUT2D eigenvalue weighted by molar-refractivity contribution is 7.99. The molecule has 0 bridgehead atoms. The molecule has 0 fully saturated rings. The van der Waals surface area contributed by atoms with Gasteiger partial charge in [-0.05, 0) is 38.1 Å². The van der Waals surface area contributed by atoms with Crippen LogP contribution in [0.15, 0.2) is 53.7 Å². The van der Waals surface area contributed by atoms with Crippen molar-refractivity contribution < 1.29 is 9.18 Å². The summed E-state index contributed by atoms with van der Waals surface area (Å²) in [6.45, 7) is 3.39. The van der Waals surface area contributed by atoms with Crippen molar-refractivity contribution in [1.82, 2.24) is 14.8 Å². The van der Waals surface area contributed by atoms with E-state index in [4.69, 9.17) is 10.7 Å². The van der Waals surface area contributed by atoms with Gasteiger partial charge in [0.15, 0.2) is 16.8 Å². The van der Waals surface area contributed by atoms with Gasteiger partial charge in [-0.15, -0.1) is 10.2 Å². The molecule has 6 nitrogen and oxygen atoms in total. The van der Waals surface area contributed by atoms with Gasteiger partial charge in [0.2, 0.25) is 0 Å². The van der Waals surface area contributed by atoms with Crippen LogP contribution in [0.25, 0.3) is 17.1 Å². The molecule has 1 N–H and O–H groups in total. The number of Topliss-reactive ketones (excluding diaryl/α,β-unsaturated/α-hetero) is 1. The fraction of sp³-hybridized carbons (Fsp3) is 0.190. The summed E-state index contributed by atoms with van der Waals surface area (Å²) in [6, 6.07) is 15.7. The summed E-state index contributed by atoms with van der Waals surface area (Å²) < 4.78 is 16.1. The molecule has 3 rings (SSSR count). The van der Waals surface area contributed by atoms with Crippen LogP contribution in [0.1, 0.15) is 12.5 Å². The van der Waals surface area contributed by atoms with Gasteiger partial charge in [0.1, 0.15) is 11.7 Å². The third-order valence-corrected chi connectivity index (χ3v) is 5.22. The number of nitrogens with one attached hydrogen (secondary N) is 1. The predicted molar refractivity (Wildman–Crippen MR) is 110 cm³/mol. The van der Waals surface area contributed by atoms with Crippen LogP contribution >= 0.6 is 11.8 Å². The SMILES string of the molecule is CC(=N)[C@@H](C#N)C(=O)CSc1nnc(-c2ccccc2F)n1-c1ccc(C)cc1. The molecule has 0 saturated carbocycles. The van der Waals surface area contributed by atoms with E-state index in [2.05, 4.69) is 10.2 Å². The maximum absolute atomic E-state index is 14.4. The first-order chi connectivity index (χ1) is 13.9. The zero-order valence-electron chi connectivity index (χ0n) is 15.9. The largest absolute Gasteiger partial charge is 0.308 e. The Morgan fingerprint density at radius 3 is 2.55 bits per heavy atom. The van der Waals surface area contributed by atoms with E-state index in [-0.39, 0.29) is 17.2 Å². The Kier molecular flexibility index (Phi) is 6.20. The van der Waals surface area contributed by atoms with E-state index < -0.39 is 11.7 Å². The van der Waals surface area contributed by atoms with Crippen molar-refractivity contribution in [3.05, 3.63) is 59.9 Å². The zero-order valence-corrected chi connectivity index (χ0v) is 16.7. The zero-order chi connectivity index (χ0) is 21.0. The second kappa shape index (κ2) is 8.80. The summed E-state index contributed by atoms with van der Waals surface area (Å²) in [5, 5.41) is 25.4. The molecule has 3 aromatic rings. The first kappa shape index (κ1) is 20.4. The maximum Gasteiger partial charge on any atom is 0.196 e. The van der Waals surface area contributed by atoms with E-state index in [1.54, 1.807) is 22.8 Å². The van der Waals surface area contributed by atoms with Gasteiger partial charge in [0.05, 0.1) is 17.4 Å². The number of ketones is 1. The van der Waals surface area contributed by atoms with Gasteiger partial charge in [-0.1, -0.05) is 41.6 Å². The quantitative estimate of drug-likeness (QED) is 0.467. The van der Waals surface area contributed by atoms with Gasteiger partial charge >= 0.3 is 0 Å². The van der Waals surface area contributed by atoms with Crippen LogP contribution in [-0.4, -0.2) is 32.0 Å². The van der Waals surface area contributed by atoms with Crippen molar-refractivity contribution in [3.63, 3.8) is 0 Å². The number of nitriles is 1. The molecule has 0 unspecified atom stereocenters. The number of halogens is 1. The maximum atomic E-state index is 14.4. The molecule has 0 aliphatic carbocycles. The van der Waals surface area contributed by atoms with Crippen LogP contribution in [0.5, 0.6) is 0 Å². The highest BCUT2D eigenvalue weighted by atomic mass is 32.2. The first-order valence-corrected chi connectivity index (χ1v) is 9.78. The Balaban J connectivity index is 2.01. The molecular weight excluding hydrogens is 389 g/mol. The van der Waals surface area contributed by atoms with Gasteiger partial charge in [0.25, 0.3) is 0 Å². The number of thioether (sulfide) groups is 1. The summed E-state index contributed by atoms with van der Waals surface area (Å²) in [5.74, 6) is -1.61. The number of carbonyl (C=O) groups excluding carboxylic acids is 1. The predicted octanol–water partition coefficient (Wildman–Crippen LogP) is 4.22. The van der Waals surface area contributed by atoms with Gasteiger partial charge < -0.3 is 5.41 Å². The van der Waals surface area contributed by atoms with Crippen LogP contribution in [-0.2, 0) is 4.79 Å². The fourth-order valence-electron chi connectivity index (χ4n) is 2.74. The molecule has 0 radical (unpaired) electrons. The minimum atomic E-state index is -1.08. The molecule has 0 spiro atoms. The van der Waals surface area contributed by atoms with E-state index in [9.17, 15) is 9.18 Å². The van der Waals surface area contributed by atoms with E-state index in [0.717, 1.165) is 23.0 Å². The Labute approximate surface area is 171 Å². The van der Waals surface area contributed by atoms with Crippen molar-refractivity contribution in [2.75, 3.05) is 5.75 Å². The molecule has 8 heteroatoms. The standard InChI is InChI=1S/C21H18FN5OS/c1-13-7-9-15(10-8-13)27-20(16-5-3-4-6-18(16)22)25-26-21(27)29-12-19(28)17(11-23)14(2)24/h3-10,17,24H,12H2,1-2H3/t17-/m1/s1. The molecule has 0 aliphatic heterocycles. The minimum Gasteiger partial charge on any atom is -0.308 e. The van der Waals surface area contributed by atoms with Crippen LogP contribution in [0.2, 0.25) is 0 Å². The summed E-state index contributed by atoms with van der Waals surface area (Å²) in [5.41, 5.74) is 2.10. The molecule has 1 atom stereocenters. The lowest BCUT2D eigenvalue weighted by Crippen LogP contribution is -2.21. The van der Waals surface area contributed by atoms with Crippen molar-refractivity contribution in [2.24, 2.45) is 5.92 Å². The molecule has 0 aliphatic rings. The Bertz CT molecular complexity index is 1100. The molecule has 1 heterocycles. The smallest absolute Gasteiger partial charge is 0.196 e. The van der Waals surface area contributed by atoms with E-state index >= 15 is 0 Å². The topological polar surface area (TPSA) is 95.4 Å². The normalized spacial score (nSPS) is 11.7. The number of rotatable bonds is 7. The van der Waals surface area contributed by atoms with Crippen molar-refractivity contribution in [1.29, 1.82) is 10.7 Å². The summed E-state index contributed by atoms with van der Waals surface area (Å²) in [6.07, 6.45) is 0. The van der Waals surface area contributed by atoms with Crippen molar-refractivity contribution in [2.45, 2.75) is 19.0 Å². The number of hydrogen-bond acceptors (Lipinski definition) is 6. The molecular formula is C21H18FN5OS. The summed E-state index contributed by atoms with van der Waals surface area (Å²) in [4.78, 5) is 12.3. The Morgan fingerprint density at radius 2 is 1.93 bits per heavy atom. The van der Waals surface area contributed by atoms with E-state index in [1.165, 1.54) is 13.0 Å². The Hall–Kier alpha value is -3.31. The van der Waals surface area contributed by atoms with E-state index in [1.807, 2.05) is 37.3 Å². The van der Waals surface area contributed by atoms with Gasteiger partial charge in [-0.25, -0.2) is 4.39 Å². The van der Waals surface area contributed by atoms with Crippen LogP contribution in [0.4, 0.5) is 4.39 Å². The number of aryl methyl sites for hydroxylation is 1. The monoisotopic (exact) mass is 407 g/mol. The molecule has 0 amide bonds. The molecule has 146 valence electrons. The molecule has 1 aromatic heterocycles. The lowest BCUT2D eigenvalue weighted by molar-refractivity contribution is -0.117. The second-order valence-corrected chi connectivity index (χ2v) is 7.40. The third-order valence-electron chi connectivity index (χ3n) is 4.27. The van der Waals surface area contributed by atoms with Crippen LogP contribution < -0.4 is 0 Å². The lowest BCUT2D eigenvalue weighted by atomic mass is 10.0. The van der Waals surface area contributed by atoms with Crippen LogP contribution in [0, 0.1) is 35.4 Å². The first-order valence-electron chi connectivity index (χ1n) is 8.80. The number of aromatic nitrogens is 3. The molecule has 2 aromatic carbocycles. The van der Waals surface area contributed by atoms with Gasteiger partial charge in [-0.3, -0.25) is 9.36 Å². The average Bonchev–Trinajstić information content (AvgIpc) is 3.11. The number of hydrogen-bond donors (Lipinski definition) is 1. The number of nitrogens with zero attached hydrogens (tertiary/aromatic N) is 4. The van der Waals surface area contributed by atoms with Crippen molar-refractivity contribution >= 4 is 23.3 Å². The summed E-state index contributed by atoms with van der Waals surface area (Å²) >= 11 is 1.11. The average molecular weight is 407 g/mol. The van der Waals surface area contributed by atoms with Gasteiger partial charge in [0, 0.05) is 11.4 Å². The molecule has 29 heavy (non-hydrogen) atoms.